The maximum absolute atomic E-state index is 11.7. The maximum Gasteiger partial charge on any atom is 0.411 e. The molecule has 1 N–H and O–H groups in total. The molecule has 0 aromatic heterocycles. The van der Waals surface area contributed by atoms with Gasteiger partial charge in [-0.05, 0) is 13.8 Å². The standard InChI is InChI=1S/C10H18F3NO3/c1-3-17-9(15)6-8(2)14-4-5-16-7-10(11,12)13/h8,14H,3-7H2,1-2H3. The molecular formula is C10H18F3NO3. The molecular weight excluding hydrogens is 239 g/mol. The largest absolute Gasteiger partial charge is 0.466 e. The average Bonchev–Trinajstić information content (AvgIpc) is 2.15. The van der Waals surface area contributed by atoms with Crippen molar-refractivity contribution >= 4 is 5.97 Å². The Hall–Kier alpha value is -0.820. The fourth-order valence-corrected chi connectivity index (χ4v) is 1.11. The predicted molar refractivity (Wildman–Crippen MR) is 55.6 cm³/mol. The topological polar surface area (TPSA) is 47.6 Å². The summed E-state index contributed by atoms with van der Waals surface area (Å²) in [6.07, 6.45) is -4.11. The molecule has 0 amide bonds. The number of carbonyl (C=O) groups is 1. The summed E-state index contributed by atoms with van der Waals surface area (Å²) in [5.41, 5.74) is 0. The van der Waals surface area contributed by atoms with E-state index in [0.717, 1.165) is 0 Å². The Morgan fingerprint density at radius 2 is 2.06 bits per heavy atom. The normalized spacial score (nSPS) is 13.5. The highest BCUT2D eigenvalue weighted by Gasteiger charge is 2.27. The van der Waals surface area contributed by atoms with Gasteiger partial charge in [-0.15, -0.1) is 0 Å². The summed E-state index contributed by atoms with van der Waals surface area (Å²) >= 11 is 0. The van der Waals surface area contributed by atoms with Gasteiger partial charge < -0.3 is 14.8 Å². The lowest BCUT2D eigenvalue weighted by Gasteiger charge is -2.13. The lowest BCUT2D eigenvalue weighted by molar-refractivity contribution is -0.173. The van der Waals surface area contributed by atoms with Crippen LogP contribution in [0.5, 0.6) is 0 Å². The van der Waals surface area contributed by atoms with E-state index in [2.05, 4.69) is 10.1 Å². The first-order valence-corrected chi connectivity index (χ1v) is 5.38. The summed E-state index contributed by atoms with van der Waals surface area (Å²) in [6, 6.07) is -0.150. The van der Waals surface area contributed by atoms with Crippen molar-refractivity contribution in [2.24, 2.45) is 0 Å². The minimum atomic E-state index is -4.30. The minimum absolute atomic E-state index is 0.0489. The monoisotopic (exact) mass is 257 g/mol. The van der Waals surface area contributed by atoms with E-state index >= 15 is 0 Å². The SMILES string of the molecule is CCOC(=O)CC(C)NCCOCC(F)(F)F. The second kappa shape index (κ2) is 8.30. The highest BCUT2D eigenvalue weighted by Crippen LogP contribution is 2.13. The molecule has 1 atom stereocenters. The zero-order chi connectivity index (χ0) is 13.3. The summed E-state index contributed by atoms with van der Waals surface area (Å²) in [6.45, 7) is 2.74. The van der Waals surface area contributed by atoms with E-state index < -0.39 is 12.8 Å². The van der Waals surface area contributed by atoms with Gasteiger partial charge in [-0.2, -0.15) is 13.2 Å². The molecule has 1 unspecified atom stereocenters. The van der Waals surface area contributed by atoms with E-state index in [1.54, 1.807) is 13.8 Å². The molecule has 102 valence electrons. The molecule has 0 aromatic rings. The lowest BCUT2D eigenvalue weighted by Crippen LogP contribution is -2.32. The van der Waals surface area contributed by atoms with Gasteiger partial charge in [0, 0.05) is 12.6 Å². The molecule has 4 nitrogen and oxygen atoms in total. The Balaban J connectivity index is 3.45. The smallest absolute Gasteiger partial charge is 0.411 e. The van der Waals surface area contributed by atoms with Gasteiger partial charge in [0.25, 0.3) is 0 Å². The van der Waals surface area contributed by atoms with Crippen molar-refractivity contribution in [2.45, 2.75) is 32.5 Å². The van der Waals surface area contributed by atoms with Crippen LogP contribution in [-0.2, 0) is 14.3 Å². The third-order valence-electron chi connectivity index (χ3n) is 1.78. The van der Waals surface area contributed by atoms with Crippen molar-refractivity contribution in [1.82, 2.24) is 5.32 Å². The van der Waals surface area contributed by atoms with Crippen LogP contribution in [0.25, 0.3) is 0 Å². The summed E-state index contributed by atoms with van der Waals surface area (Å²) in [5.74, 6) is -0.330. The summed E-state index contributed by atoms with van der Waals surface area (Å²) in [7, 11) is 0. The first kappa shape index (κ1) is 16.2. The van der Waals surface area contributed by atoms with Crippen LogP contribution in [-0.4, -0.2) is 44.6 Å². The number of carbonyl (C=O) groups excluding carboxylic acids is 1. The van der Waals surface area contributed by atoms with Crippen molar-refractivity contribution in [3.05, 3.63) is 0 Å². The summed E-state index contributed by atoms with van der Waals surface area (Å²) < 4.78 is 44.2. The molecule has 0 heterocycles. The van der Waals surface area contributed by atoms with Crippen molar-refractivity contribution in [3.8, 4) is 0 Å². The van der Waals surface area contributed by atoms with Crippen LogP contribution in [0.2, 0.25) is 0 Å². The van der Waals surface area contributed by atoms with Crippen LogP contribution in [0.4, 0.5) is 13.2 Å². The molecule has 0 aliphatic carbocycles. The summed E-state index contributed by atoms with van der Waals surface area (Å²) in [4.78, 5) is 11.0. The second-order valence-electron chi connectivity index (χ2n) is 3.53. The Morgan fingerprint density at radius 3 is 2.59 bits per heavy atom. The fraction of sp³-hybridized carbons (Fsp3) is 0.900. The van der Waals surface area contributed by atoms with Gasteiger partial charge in [-0.3, -0.25) is 4.79 Å². The van der Waals surface area contributed by atoms with Crippen LogP contribution in [0.15, 0.2) is 0 Å². The van der Waals surface area contributed by atoms with Crippen LogP contribution in [0.1, 0.15) is 20.3 Å². The molecule has 0 aliphatic heterocycles. The van der Waals surface area contributed by atoms with Crippen LogP contribution < -0.4 is 5.32 Å². The average molecular weight is 257 g/mol. The number of rotatable bonds is 8. The maximum atomic E-state index is 11.7. The van der Waals surface area contributed by atoms with Gasteiger partial charge in [0.2, 0.25) is 0 Å². The molecule has 0 saturated carbocycles. The van der Waals surface area contributed by atoms with Crippen molar-refractivity contribution in [1.29, 1.82) is 0 Å². The molecule has 0 aliphatic rings. The van der Waals surface area contributed by atoms with E-state index in [1.807, 2.05) is 0 Å². The number of hydrogen-bond donors (Lipinski definition) is 1. The third-order valence-corrected chi connectivity index (χ3v) is 1.78. The van der Waals surface area contributed by atoms with Crippen molar-refractivity contribution in [2.75, 3.05) is 26.4 Å². The van der Waals surface area contributed by atoms with E-state index in [1.165, 1.54) is 0 Å². The fourth-order valence-electron chi connectivity index (χ4n) is 1.11. The van der Waals surface area contributed by atoms with Gasteiger partial charge in [0.05, 0.1) is 19.6 Å². The zero-order valence-electron chi connectivity index (χ0n) is 9.97. The van der Waals surface area contributed by atoms with Gasteiger partial charge in [-0.25, -0.2) is 0 Å². The molecule has 0 aromatic carbocycles. The van der Waals surface area contributed by atoms with Gasteiger partial charge in [0.1, 0.15) is 6.61 Å². The number of esters is 1. The van der Waals surface area contributed by atoms with Crippen LogP contribution in [0.3, 0.4) is 0 Å². The predicted octanol–water partition coefficient (Wildman–Crippen LogP) is 1.50. The number of halogens is 3. The number of alkyl halides is 3. The Labute approximate surface area is 98.5 Å². The highest BCUT2D eigenvalue weighted by molar-refractivity contribution is 5.69. The van der Waals surface area contributed by atoms with Gasteiger partial charge in [0.15, 0.2) is 0 Å². The van der Waals surface area contributed by atoms with Crippen LogP contribution >= 0.6 is 0 Å². The van der Waals surface area contributed by atoms with Crippen molar-refractivity contribution in [3.63, 3.8) is 0 Å². The lowest BCUT2D eigenvalue weighted by atomic mass is 10.2. The summed E-state index contributed by atoms with van der Waals surface area (Å²) in [5, 5.41) is 2.86. The van der Waals surface area contributed by atoms with E-state index in [-0.39, 0.29) is 31.6 Å². The first-order chi connectivity index (χ1) is 7.85. The molecule has 0 rings (SSSR count). The number of hydrogen-bond acceptors (Lipinski definition) is 4. The zero-order valence-corrected chi connectivity index (χ0v) is 9.97. The molecule has 0 bridgehead atoms. The quantitative estimate of drug-likeness (QED) is 0.529. The van der Waals surface area contributed by atoms with E-state index in [0.29, 0.717) is 6.61 Å². The van der Waals surface area contributed by atoms with Gasteiger partial charge >= 0.3 is 12.1 Å². The number of ether oxygens (including phenoxy) is 2. The Morgan fingerprint density at radius 1 is 1.41 bits per heavy atom. The van der Waals surface area contributed by atoms with E-state index in [9.17, 15) is 18.0 Å². The van der Waals surface area contributed by atoms with E-state index in [4.69, 9.17) is 4.74 Å². The molecule has 17 heavy (non-hydrogen) atoms. The molecule has 0 radical (unpaired) electrons. The van der Waals surface area contributed by atoms with Crippen molar-refractivity contribution < 1.29 is 27.4 Å². The molecule has 0 spiro atoms. The third kappa shape index (κ3) is 11.4. The number of nitrogens with one attached hydrogen (secondary N) is 1. The molecule has 7 heteroatoms. The second-order valence-corrected chi connectivity index (χ2v) is 3.53. The van der Waals surface area contributed by atoms with Crippen LogP contribution in [0, 0.1) is 0 Å². The minimum Gasteiger partial charge on any atom is -0.466 e. The first-order valence-electron chi connectivity index (χ1n) is 5.38. The molecule has 0 saturated heterocycles. The molecule has 0 fully saturated rings. The Kier molecular flexibility index (Phi) is 7.90. The highest BCUT2D eigenvalue weighted by atomic mass is 19.4. The van der Waals surface area contributed by atoms with Gasteiger partial charge in [-0.1, -0.05) is 0 Å². The Bertz CT molecular complexity index is 221.